The van der Waals surface area contributed by atoms with E-state index in [1.807, 2.05) is 0 Å². The minimum absolute atomic E-state index is 0.0590. The second-order valence-corrected chi connectivity index (χ2v) is 4.31. The molecule has 1 aromatic rings. The number of hydrogen-bond donors (Lipinski definition) is 2. The van der Waals surface area contributed by atoms with Crippen LogP contribution in [0.3, 0.4) is 0 Å². The molecule has 2 N–H and O–H groups in total. The molecule has 124 valence electrons. The predicted octanol–water partition coefficient (Wildman–Crippen LogP) is 0.973. The van der Waals surface area contributed by atoms with Gasteiger partial charge in [-0.1, -0.05) is 6.07 Å². The van der Waals surface area contributed by atoms with Gasteiger partial charge in [0.05, 0.1) is 20.6 Å². The quantitative estimate of drug-likeness (QED) is 0.562. The zero-order valence-corrected chi connectivity index (χ0v) is 12.5. The number of ether oxygens (including phenoxy) is 3. The maximum absolute atomic E-state index is 11.6. The van der Waals surface area contributed by atoms with Crippen LogP contribution in [0.15, 0.2) is 24.3 Å². The van der Waals surface area contributed by atoms with Gasteiger partial charge >= 0.3 is 17.9 Å². The van der Waals surface area contributed by atoms with Crippen molar-refractivity contribution in [3.05, 3.63) is 29.8 Å². The van der Waals surface area contributed by atoms with E-state index >= 15 is 0 Å². The van der Waals surface area contributed by atoms with Crippen molar-refractivity contribution in [2.24, 2.45) is 0 Å². The Bertz CT molecular complexity index is 620. The summed E-state index contributed by atoms with van der Waals surface area (Å²) in [5.74, 6) is -3.04. The van der Waals surface area contributed by atoms with Crippen LogP contribution in [-0.4, -0.2) is 48.4 Å². The fourth-order valence-electron chi connectivity index (χ4n) is 1.56. The normalized spacial score (nSPS) is 11.7. The number of esters is 2. The van der Waals surface area contributed by atoms with Crippen LogP contribution in [0.4, 0.5) is 0 Å². The number of aliphatic carboxylic acids is 1. The summed E-state index contributed by atoms with van der Waals surface area (Å²) in [7, 11) is 2.47. The largest absolute Gasteiger partial charge is 0.504 e. The van der Waals surface area contributed by atoms with E-state index in [0.717, 1.165) is 13.2 Å². The lowest BCUT2D eigenvalue weighted by Gasteiger charge is -2.10. The van der Waals surface area contributed by atoms with Gasteiger partial charge in [-0.05, 0) is 23.8 Å². The van der Waals surface area contributed by atoms with E-state index in [4.69, 9.17) is 9.84 Å². The van der Waals surface area contributed by atoms with Crippen molar-refractivity contribution in [3.63, 3.8) is 0 Å². The lowest BCUT2D eigenvalue weighted by atomic mass is 10.2. The van der Waals surface area contributed by atoms with Gasteiger partial charge in [-0.3, -0.25) is 4.79 Å². The third-order valence-corrected chi connectivity index (χ3v) is 2.73. The number of phenols is 1. The number of methoxy groups -OCH3 is 2. The number of aromatic hydroxyl groups is 1. The molecular weight excluding hydrogens is 308 g/mol. The zero-order valence-electron chi connectivity index (χ0n) is 12.5. The van der Waals surface area contributed by atoms with Crippen LogP contribution in [0.25, 0.3) is 6.08 Å². The van der Waals surface area contributed by atoms with Crippen molar-refractivity contribution in [2.75, 3.05) is 14.2 Å². The molecule has 23 heavy (non-hydrogen) atoms. The van der Waals surface area contributed by atoms with Crippen LogP contribution in [0.5, 0.6) is 11.5 Å². The summed E-state index contributed by atoms with van der Waals surface area (Å²) in [6.07, 6.45) is 0.132. The molecule has 0 spiro atoms. The van der Waals surface area contributed by atoms with Gasteiger partial charge in [0, 0.05) is 6.08 Å². The molecule has 1 rings (SSSR count). The number of hydrogen-bond acceptors (Lipinski definition) is 7. The minimum atomic E-state index is -1.63. The SMILES string of the molecule is COC(=O)C[C@@H](OC(=O)C=Cc1ccc(O)c(OC)c1)C(=O)O. The summed E-state index contributed by atoms with van der Waals surface area (Å²) in [5.41, 5.74) is 0.524. The first-order chi connectivity index (χ1) is 10.9. The summed E-state index contributed by atoms with van der Waals surface area (Å²) < 4.78 is 13.9. The highest BCUT2D eigenvalue weighted by atomic mass is 16.6. The molecular formula is C15H16O8. The molecule has 0 radical (unpaired) electrons. The highest BCUT2D eigenvalue weighted by molar-refractivity contribution is 5.90. The van der Waals surface area contributed by atoms with E-state index in [1.54, 1.807) is 0 Å². The molecule has 1 atom stereocenters. The van der Waals surface area contributed by atoms with Gasteiger partial charge in [0.25, 0.3) is 0 Å². The molecule has 1 aromatic carbocycles. The first-order valence-corrected chi connectivity index (χ1v) is 6.42. The number of benzene rings is 1. The Balaban J connectivity index is 2.74. The predicted molar refractivity (Wildman–Crippen MR) is 77.8 cm³/mol. The molecule has 8 nitrogen and oxygen atoms in total. The molecule has 0 unspecified atom stereocenters. The molecule has 0 aliphatic heterocycles. The number of carbonyl (C=O) groups excluding carboxylic acids is 2. The lowest BCUT2D eigenvalue weighted by molar-refractivity contribution is -0.165. The second-order valence-electron chi connectivity index (χ2n) is 4.31. The summed E-state index contributed by atoms with van der Waals surface area (Å²) in [5, 5.41) is 18.3. The monoisotopic (exact) mass is 324 g/mol. The van der Waals surface area contributed by atoms with Crippen molar-refractivity contribution in [2.45, 2.75) is 12.5 Å². The third kappa shape index (κ3) is 5.70. The van der Waals surface area contributed by atoms with Crippen LogP contribution >= 0.6 is 0 Å². The van der Waals surface area contributed by atoms with Gasteiger partial charge in [-0.15, -0.1) is 0 Å². The standard InChI is InChI=1S/C15H16O8/c1-21-11-7-9(3-5-10(11)16)4-6-13(17)23-12(15(19)20)8-14(18)22-2/h3-7,12,16H,8H2,1-2H3,(H,19,20)/t12-/m1/s1. The van der Waals surface area contributed by atoms with Gasteiger partial charge in [-0.2, -0.15) is 0 Å². The Morgan fingerprint density at radius 1 is 1.26 bits per heavy atom. The van der Waals surface area contributed by atoms with Crippen molar-refractivity contribution in [1.29, 1.82) is 0 Å². The summed E-state index contributed by atoms with van der Waals surface area (Å²) in [6.45, 7) is 0. The summed E-state index contributed by atoms with van der Waals surface area (Å²) in [4.78, 5) is 33.6. The molecule has 0 aromatic heterocycles. The summed E-state index contributed by atoms with van der Waals surface area (Å²) >= 11 is 0. The minimum Gasteiger partial charge on any atom is -0.504 e. The zero-order chi connectivity index (χ0) is 17.4. The van der Waals surface area contributed by atoms with E-state index in [9.17, 15) is 19.5 Å². The smallest absolute Gasteiger partial charge is 0.345 e. The van der Waals surface area contributed by atoms with Crippen LogP contribution in [-0.2, 0) is 23.9 Å². The molecule has 0 fully saturated rings. The fourth-order valence-corrected chi connectivity index (χ4v) is 1.56. The van der Waals surface area contributed by atoms with Crippen molar-refractivity contribution in [3.8, 4) is 11.5 Å². The van der Waals surface area contributed by atoms with Crippen molar-refractivity contribution >= 4 is 24.0 Å². The van der Waals surface area contributed by atoms with Crippen LogP contribution < -0.4 is 4.74 Å². The molecule has 0 heterocycles. The van der Waals surface area contributed by atoms with Crippen molar-refractivity contribution in [1.82, 2.24) is 0 Å². The number of carbonyl (C=O) groups is 3. The maximum atomic E-state index is 11.6. The molecule has 0 saturated carbocycles. The fraction of sp³-hybridized carbons (Fsp3) is 0.267. The topological polar surface area (TPSA) is 119 Å². The highest BCUT2D eigenvalue weighted by Crippen LogP contribution is 2.26. The van der Waals surface area contributed by atoms with Crippen molar-refractivity contribution < 1.29 is 38.8 Å². The molecule has 0 bridgehead atoms. The Kier molecular flexibility index (Phi) is 6.60. The number of rotatable bonds is 7. The number of phenolic OH excluding ortho intramolecular Hbond substituents is 1. The Morgan fingerprint density at radius 2 is 1.96 bits per heavy atom. The van der Waals surface area contributed by atoms with E-state index in [2.05, 4.69) is 9.47 Å². The first kappa shape index (κ1) is 18.0. The Labute approximate surface area is 131 Å². The van der Waals surface area contributed by atoms with Crippen LogP contribution in [0.2, 0.25) is 0 Å². The maximum Gasteiger partial charge on any atom is 0.345 e. The molecule has 0 aliphatic carbocycles. The van der Waals surface area contributed by atoms with E-state index in [0.29, 0.717) is 5.56 Å². The average Bonchev–Trinajstić information content (AvgIpc) is 2.53. The number of carboxylic acid groups (broad SMARTS) is 1. The third-order valence-electron chi connectivity index (χ3n) is 2.73. The highest BCUT2D eigenvalue weighted by Gasteiger charge is 2.25. The van der Waals surface area contributed by atoms with E-state index < -0.39 is 30.4 Å². The molecule has 0 saturated heterocycles. The van der Waals surface area contributed by atoms with Gasteiger partial charge in [0.1, 0.15) is 0 Å². The van der Waals surface area contributed by atoms with Crippen LogP contribution in [0, 0.1) is 0 Å². The first-order valence-electron chi connectivity index (χ1n) is 6.42. The van der Waals surface area contributed by atoms with E-state index in [1.165, 1.54) is 31.4 Å². The van der Waals surface area contributed by atoms with E-state index in [-0.39, 0.29) is 11.5 Å². The van der Waals surface area contributed by atoms with Gasteiger partial charge in [0.2, 0.25) is 6.10 Å². The Hall–Kier alpha value is -3.03. The second kappa shape index (κ2) is 8.42. The summed E-state index contributed by atoms with van der Waals surface area (Å²) in [6, 6.07) is 4.37. The van der Waals surface area contributed by atoms with Gasteiger partial charge in [0.15, 0.2) is 11.5 Å². The average molecular weight is 324 g/mol. The Morgan fingerprint density at radius 3 is 2.52 bits per heavy atom. The van der Waals surface area contributed by atoms with Crippen LogP contribution in [0.1, 0.15) is 12.0 Å². The van der Waals surface area contributed by atoms with Gasteiger partial charge < -0.3 is 24.4 Å². The molecule has 0 amide bonds. The molecule has 0 aliphatic rings. The van der Waals surface area contributed by atoms with Gasteiger partial charge in [-0.25, -0.2) is 9.59 Å². The lowest BCUT2D eigenvalue weighted by Crippen LogP contribution is -2.29. The molecule has 8 heteroatoms. The number of carboxylic acids is 1.